The van der Waals surface area contributed by atoms with Crippen molar-refractivity contribution < 1.29 is 19.2 Å². The van der Waals surface area contributed by atoms with Crippen LogP contribution in [-0.2, 0) is 34.4 Å². The molecule has 3 N–H and O–H groups in total. The van der Waals surface area contributed by atoms with Crippen molar-refractivity contribution in [1.82, 2.24) is 30.2 Å². The van der Waals surface area contributed by atoms with Crippen molar-refractivity contribution in [2.75, 3.05) is 31.5 Å². The molecule has 11 nitrogen and oxygen atoms in total. The number of halogens is 1. The second-order valence-electron chi connectivity index (χ2n) is 13.1. The summed E-state index contributed by atoms with van der Waals surface area (Å²) < 4.78 is 1.50. The number of benzene rings is 2. The van der Waals surface area contributed by atoms with Crippen molar-refractivity contribution in [3.8, 4) is 0 Å². The second kappa shape index (κ2) is 17.4. The molecule has 1 saturated heterocycles. The van der Waals surface area contributed by atoms with Crippen LogP contribution < -0.4 is 16.0 Å². The molecule has 0 bridgehead atoms. The highest BCUT2D eigenvalue weighted by Gasteiger charge is 2.32. The molecule has 4 amide bonds. The lowest BCUT2D eigenvalue weighted by atomic mass is 9.83. The Morgan fingerprint density at radius 3 is 2.31 bits per heavy atom. The summed E-state index contributed by atoms with van der Waals surface area (Å²) in [6.07, 6.45) is 7.88. The number of carbonyl (C=O) groups excluding carboxylic acids is 4. The zero-order valence-electron chi connectivity index (χ0n) is 28.5. The number of anilines is 1. The predicted octanol–water partition coefficient (Wildman–Crippen LogP) is 4.56. The van der Waals surface area contributed by atoms with E-state index in [-0.39, 0.29) is 29.5 Å². The lowest BCUT2D eigenvalue weighted by Crippen LogP contribution is -2.54. The maximum absolute atomic E-state index is 13.6. The number of hydrogen-bond acceptors (Lipinski definition) is 6. The summed E-state index contributed by atoms with van der Waals surface area (Å²) in [6.45, 7) is 5.23. The summed E-state index contributed by atoms with van der Waals surface area (Å²) in [4.78, 5) is 56.7. The van der Waals surface area contributed by atoms with Gasteiger partial charge in [-0.2, -0.15) is 5.10 Å². The number of rotatable bonds is 13. The minimum Gasteiger partial charge on any atom is -0.344 e. The molecule has 0 spiro atoms. The maximum atomic E-state index is 13.6. The highest BCUT2D eigenvalue weighted by Crippen LogP contribution is 2.28. The predicted molar refractivity (Wildman–Crippen MR) is 190 cm³/mol. The quantitative estimate of drug-likeness (QED) is 0.241. The van der Waals surface area contributed by atoms with E-state index >= 15 is 0 Å². The largest absolute Gasteiger partial charge is 0.344 e. The molecule has 1 aromatic heterocycles. The fourth-order valence-electron chi connectivity index (χ4n) is 6.76. The first-order chi connectivity index (χ1) is 23.7. The third kappa shape index (κ3) is 10.1. The first kappa shape index (κ1) is 36.1. The van der Waals surface area contributed by atoms with Crippen LogP contribution in [0.25, 0.3) is 0 Å². The molecule has 1 saturated carbocycles. The van der Waals surface area contributed by atoms with Crippen LogP contribution in [0.1, 0.15) is 73.5 Å². The molecule has 2 aromatic carbocycles. The molecule has 1 aliphatic heterocycles. The molecular weight excluding hydrogens is 642 g/mol. The Balaban J connectivity index is 1.16. The van der Waals surface area contributed by atoms with Gasteiger partial charge in [-0.25, -0.2) is 0 Å². The zero-order chi connectivity index (χ0) is 34.8. The van der Waals surface area contributed by atoms with Gasteiger partial charge in [-0.05, 0) is 73.1 Å². The zero-order valence-corrected chi connectivity index (χ0v) is 29.3. The van der Waals surface area contributed by atoms with Crippen LogP contribution in [0, 0.1) is 5.92 Å². The number of aryl methyl sites for hydroxylation is 2. The average Bonchev–Trinajstić information content (AvgIpc) is 3.55. The van der Waals surface area contributed by atoms with E-state index in [4.69, 9.17) is 11.6 Å². The number of amides is 4. The van der Waals surface area contributed by atoms with Gasteiger partial charge >= 0.3 is 0 Å². The summed E-state index contributed by atoms with van der Waals surface area (Å²) in [7, 11) is 1.70. The number of piperazine rings is 1. The Hall–Kier alpha value is -4.22. The Labute approximate surface area is 293 Å². The van der Waals surface area contributed by atoms with E-state index < -0.39 is 12.1 Å². The molecule has 1 aliphatic carbocycles. The van der Waals surface area contributed by atoms with Gasteiger partial charge in [-0.1, -0.05) is 62.1 Å². The average molecular weight is 690 g/mol. The van der Waals surface area contributed by atoms with E-state index in [1.54, 1.807) is 26.2 Å². The molecule has 49 heavy (non-hydrogen) atoms. The number of aromatic nitrogens is 2. The summed E-state index contributed by atoms with van der Waals surface area (Å²) in [5.74, 6) is -0.714. The first-order valence-electron chi connectivity index (χ1n) is 17.4. The van der Waals surface area contributed by atoms with Crippen LogP contribution in [0.15, 0.2) is 60.8 Å². The normalized spacial score (nSPS) is 16.8. The third-order valence-electron chi connectivity index (χ3n) is 9.62. The number of hydrogen-bond donors (Lipinski definition) is 3. The minimum absolute atomic E-state index is 0.0592. The number of nitrogens with zero attached hydrogens (tertiary/aromatic N) is 4. The maximum Gasteiger partial charge on any atom is 0.270 e. The fourth-order valence-corrected chi connectivity index (χ4v) is 6.97. The van der Waals surface area contributed by atoms with Gasteiger partial charge < -0.3 is 20.9 Å². The van der Waals surface area contributed by atoms with Crippen LogP contribution in [0.2, 0.25) is 5.02 Å². The number of nitrogens with one attached hydrogen (secondary N) is 3. The van der Waals surface area contributed by atoms with Gasteiger partial charge in [0.05, 0.1) is 0 Å². The standard InChI is InChI=1S/C37H48ClN7O4/c1-3-33(46)41-31(37(49)45-22-20-44(21-23-45)25-27-8-7-11-29(38)24-27)17-14-26-12-15-30(16-13-26)40-36(48)34(28-9-5-4-6-10-28)42-35(47)32-18-19-39-43(32)2/h7-8,11-13,15-16,18-19,24,28,31,34H,3-6,9-10,14,17,20-23,25H2,1-2H3,(H,40,48)(H,41,46)(H,42,47)/t31-,34+/m1/s1. The molecule has 262 valence electrons. The van der Waals surface area contributed by atoms with Crippen molar-refractivity contribution in [2.24, 2.45) is 13.0 Å². The monoisotopic (exact) mass is 689 g/mol. The summed E-state index contributed by atoms with van der Waals surface area (Å²) in [6, 6.07) is 15.7. The molecule has 2 heterocycles. The van der Waals surface area contributed by atoms with Gasteiger partial charge in [0.25, 0.3) is 5.91 Å². The van der Waals surface area contributed by atoms with Gasteiger partial charge in [0.2, 0.25) is 17.7 Å². The molecule has 3 aromatic rings. The summed E-state index contributed by atoms with van der Waals surface area (Å²) in [5.41, 5.74) is 3.16. The molecule has 0 radical (unpaired) electrons. The van der Waals surface area contributed by atoms with E-state index in [2.05, 4.69) is 32.0 Å². The van der Waals surface area contributed by atoms with Crippen molar-refractivity contribution in [2.45, 2.75) is 76.9 Å². The van der Waals surface area contributed by atoms with Crippen molar-refractivity contribution in [1.29, 1.82) is 0 Å². The Morgan fingerprint density at radius 2 is 1.65 bits per heavy atom. The first-order valence-corrected chi connectivity index (χ1v) is 17.8. The minimum atomic E-state index is -0.657. The van der Waals surface area contributed by atoms with E-state index in [1.807, 2.05) is 47.4 Å². The Bertz CT molecular complexity index is 1580. The molecule has 5 rings (SSSR count). The molecule has 2 aliphatic rings. The van der Waals surface area contributed by atoms with Gasteiger partial charge in [0.1, 0.15) is 17.8 Å². The van der Waals surface area contributed by atoms with E-state index in [0.29, 0.717) is 48.8 Å². The highest BCUT2D eigenvalue weighted by molar-refractivity contribution is 6.30. The fraction of sp³-hybridized carbons (Fsp3) is 0.486. The summed E-state index contributed by atoms with van der Waals surface area (Å²) in [5, 5.41) is 13.7. The SMILES string of the molecule is CCC(=O)N[C@H](CCc1ccc(NC(=O)[C@@H](NC(=O)c2ccnn2C)C2CCCCC2)cc1)C(=O)N1CCN(Cc2cccc(Cl)c2)CC1. The lowest BCUT2D eigenvalue weighted by molar-refractivity contribution is -0.138. The highest BCUT2D eigenvalue weighted by atomic mass is 35.5. The molecule has 0 unspecified atom stereocenters. The van der Waals surface area contributed by atoms with Crippen LogP contribution in [-0.4, -0.2) is 81.5 Å². The van der Waals surface area contributed by atoms with Crippen molar-refractivity contribution in [3.05, 3.63) is 82.6 Å². The smallest absolute Gasteiger partial charge is 0.270 e. The second-order valence-corrected chi connectivity index (χ2v) is 13.6. The van der Waals surface area contributed by atoms with Crippen LogP contribution in [0.3, 0.4) is 0 Å². The topological polar surface area (TPSA) is 129 Å². The molecular formula is C37H48ClN7O4. The summed E-state index contributed by atoms with van der Waals surface area (Å²) >= 11 is 6.15. The van der Waals surface area contributed by atoms with E-state index in [0.717, 1.165) is 62.9 Å². The molecule has 2 fully saturated rings. The van der Waals surface area contributed by atoms with E-state index in [1.165, 1.54) is 4.68 Å². The van der Waals surface area contributed by atoms with Crippen molar-refractivity contribution in [3.63, 3.8) is 0 Å². The van der Waals surface area contributed by atoms with Gasteiger partial charge in [0.15, 0.2) is 0 Å². The van der Waals surface area contributed by atoms with Gasteiger partial charge in [0, 0.05) is 63.1 Å². The van der Waals surface area contributed by atoms with Gasteiger partial charge in [-0.3, -0.25) is 28.8 Å². The van der Waals surface area contributed by atoms with Crippen molar-refractivity contribution >= 4 is 40.9 Å². The Morgan fingerprint density at radius 1 is 0.918 bits per heavy atom. The molecule has 2 atom stereocenters. The lowest BCUT2D eigenvalue weighted by Gasteiger charge is -2.36. The molecule has 12 heteroatoms. The third-order valence-corrected chi connectivity index (χ3v) is 9.86. The van der Waals surface area contributed by atoms with Crippen LogP contribution in [0.4, 0.5) is 5.69 Å². The van der Waals surface area contributed by atoms with E-state index in [9.17, 15) is 19.2 Å². The number of carbonyl (C=O) groups is 4. The van der Waals surface area contributed by atoms with Crippen LogP contribution >= 0.6 is 11.6 Å². The Kier molecular flexibility index (Phi) is 12.8. The van der Waals surface area contributed by atoms with Crippen LogP contribution in [0.5, 0.6) is 0 Å². The van der Waals surface area contributed by atoms with Gasteiger partial charge in [-0.15, -0.1) is 0 Å².